The van der Waals surface area contributed by atoms with Gasteiger partial charge in [-0.15, -0.1) is 0 Å². The maximum atomic E-state index is 11.5. The van der Waals surface area contributed by atoms with Crippen molar-refractivity contribution < 1.29 is 73.4 Å². The molecule has 15 nitrogen and oxygen atoms in total. The lowest BCUT2D eigenvalue weighted by atomic mass is 10.0. The summed E-state index contributed by atoms with van der Waals surface area (Å²) in [5.41, 5.74) is 0. The van der Waals surface area contributed by atoms with Crippen molar-refractivity contribution in [3.63, 3.8) is 0 Å². The van der Waals surface area contributed by atoms with Gasteiger partial charge in [-0.05, 0) is 20.8 Å². The molecule has 0 saturated carbocycles. The van der Waals surface area contributed by atoms with Gasteiger partial charge >= 0.3 is 17.9 Å². The smallest absolute Gasteiger partial charge is 0.330 e. The molecule has 42 heavy (non-hydrogen) atoms. The lowest BCUT2D eigenvalue weighted by Gasteiger charge is -2.35. The summed E-state index contributed by atoms with van der Waals surface area (Å²) in [4.78, 5) is 34.5. The minimum Gasteiger partial charge on any atom is -0.460 e. The molecule has 6 N–H and O–H groups in total. The Hall–Kier alpha value is -2.73. The van der Waals surface area contributed by atoms with Gasteiger partial charge in [-0.25, -0.2) is 14.4 Å². The van der Waals surface area contributed by atoms with E-state index in [0.717, 1.165) is 18.2 Å². The Bertz CT molecular complexity index is 843. The number of rotatable bonds is 23. The molecule has 0 heterocycles. The van der Waals surface area contributed by atoms with Gasteiger partial charge in [-0.2, -0.15) is 0 Å². The minimum absolute atomic E-state index is 0.444. The minimum atomic E-state index is -1.67. The Balaban J connectivity index is 5.64. The van der Waals surface area contributed by atoms with Crippen LogP contribution < -0.4 is 0 Å². The Labute approximate surface area is 244 Å². The van der Waals surface area contributed by atoms with E-state index in [2.05, 4.69) is 0 Å². The first kappa shape index (κ1) is 39.3. The van der Waals surface area contributed by atoms with Crippen molar-refractivity contribution in [3.05, 3.63) is 36.5 Å². The predicted molar refractivity (Wildman–Crippen MR) is 145 cm³/mol. The fourth-order valence-electron chi connectivity index (χ4n) is 3.10. The Morgan fingerprint density at radius 1 is 0.548 bits per heavy atom. The van der Waals surface area contributed by atoms with Crippen LogP contribution >= 0.6 is 0 Å². The van der Waals surface area contributed by atoms with Crippen LogP contribution in [0, 0.1) is 0 Å². The highest BCUT2D eigenvalue weighted by molar-refractivity contribution is 5.82. The Morgan fingerprint density at radius 3 is 1.24 bits per heavy atom. The van der Waals surface area contributed by atoms with E-state index in [1.807, 2.05) is 0 Å². The SMILES string of the molecule is CC=CC(=O)OCC(O)CO[C@H]([C@H](OCC(O)COC(=O)C=CC)[C@H](CO)OCC(O)COC(=O)C=CC)[C@H](O)CO. The molecule has 0 spiro atoms. The Kier molecular flexibility index (Phi) is 22.2. The van der Waals surface area contributed by atoms with Gasteiger partial charge in [-0.1, -0.05) is 18.2 Å². The maximum absolute atomic E-state index is 11.5. The normalized spacial score (nSPS) is 17.1. The summed E-state index contributed by atoms with van der Waals surface area (Å²) in [5.74, 6) is -2.12. The van der Waals surface area contributed by atoms with Crippen molar-refractivity contribution in [2.45, 2.75) is 63.5 Å². The molecular weight excluding hydrogens is 564 g/mol. The summed E-state index contributed by atoms with van der Waals surface area (Å²) in [6.45, 7) is 0.236. The maximum Gasteiger partial charge on any atom is 0.330 e. The fourth-order valence-corrected chi connectivity index (χ4v) is 3.10. The summed E-state index contributed by atoms with van der Waals surface area (Å²) in [5, 5.41) is 60.7. The molecule has 0 aromatic heterocycles. The van der Waals surface area contributed by atoms with Crippen LogP contribution in [0.1, 0.15) is 20.8 Å². The number of aliphatic hydroxyl groups is 6. The van der Waals surface area contributed by atoms with Gasteiger partial charge in [0.1, 0.15) is 62.5 Å². The zero-order chi connectivity index (χ0) is 31.9. The standard InChI is InChI=1S/C27H44O15/c1-4-7-23(34)38-13-18(30)12-37-22(11-29)27(42-17-20(32)15-40-25(36)9-6-3)26(21(33)10-28)41-16-19(31)14-39-24(35)8-5-2/h4-9,18-22,26-33H,10-17H2,1-3H3/t18?,19?,20?,21-,22+,26+,27-/m1/s1. The zero-order valence-corrected chi connectivity index (χ0v) is 24.0. The van der Waals surface area contributed by atoms with Gasteiger partial charge < -0.3 is 59.1 Å². The first-order valence-corrected chi connectivity index (χ1v) is 13.2. The number of ether oxygens (including phenoxy) is 6. The lowest BCUT2D eigenvalue weighted by molar-refractivity contribution is -0.202. The molecule has 0 radical (unpaired) electrons. The summed E-state index contributed by atoms with van der Waals surface area (Å²) in [6.07, 6.45) is -2.32. The summed E-state index contributed by atoms with van der Waals surface area (Å²) >= 11 is 0. The van der Waals surface area contributed by atoms with Crippen LogP contribution in [-0.2, 0) is 42.8 Å². The predicted octanol–water partition coefficient (Wildman–Crippen LogP) is -2.07. The van der Waals surface area contributed by atoms with Crippen molar-refractivity contribution in [2.24, 2.45) is 0 Å². The van der Waals surface area contributed by atoms with E-state index in [9.17, 15) is 45.0 Å². The van der Waals surface area contributed by atoms with Gasteiger partial charge in [0.25, 0.3) is 0 Å². The molecule has 0 aliphatic heterocycles. The molecule has 15 heteroatoms. The molecule has 0 aromatic rings. The lowest BCUT2D eigenvalue weighted by Crippen LogP contribution is -2.53. The van der Waals surface area contributed by atoms with Crippen LogP contribution in [0.5, 0.6) is 0 Å². The molecular formula is C27H44O15. The van der Waals surface area contributed by atoms with Gasteiger partial charge in [-0.3, -0.25) is 0 Å². The molecule has 3 unspecified atom stereocenters. The monoisotopic (exact) mass is 608 g/mol. The molecule has 7 atom stereocenters. The summed E-state index contributed by atoms with van der Waals surface area (Å²) < 4.78 is 31.3. The first-order valence-electron chi connectivity index (χ1n) is 13.2. The van der Waals surface area contributed by atoms with Crippen LogP contribution in [-0.4, -0.2) is 144 Å². The third-order valence-electron chi connectivity index (χ3n) is 5.06. The number of esters is 3. The second-order valence-electron chi connectivity index (χ2n) is 8.75. The van der Waals surface area contributed by atoms with Crippen molar-refractivity contribution in [3.8, 4) is 0 Å². The van der Waals surface area contributed by atoms with Gasteiger partial charge in [0.15, 0.2) is 0 Å². The third-order valence-corrected chi connectivity index (χ3v) is 5.06. The molecule has 0 bridgehead atoms. The topological polar surface area (TPSA) is 228 Å². The Morgan fingerprint density at radius 2 is 0.905 bits per heavy atom. The van der Waals surface area contributed by atoms with Crippen molar-refractivity contribution in [1.82, 2.24) is 0 Å². The fraction of sp³-hybridized carbons (Fsp3) is 0.667. The first-order chi connectivity index (χ1) is 20.0. The molecule has 0 saturated heterocycles. The molecule has 0 fully saturated rings. The molecule has 242 valence electrons. The summed E-state index contributed by atoms with van der Waals surface area (Å²) in [6, 6.07) is 0. The van der Waals surface area contributed by atoms with Crippen LogP contribution in [0.25, 0.3) is 0 Å². The molecule has 0 aliphatic rings. The molecule has 0 rings (SSSR count). The quantitative estimate of drug-likeness (QED) is 0.0416. The van der Waals surface area contributed by atoms with Crippen molar-refractivity contribution >= 4 is 17.9 Å². The average molecular weight is 609 g/mol. The number of hydrogen-bond acceptors (Lipinski definition) is 15. The van der Waals surface area contributed by atoms with E-state index in [-0.39, 0.29) is 0 Å². The van der Waals surface area contributed by atoms with E-state index in [4.69, 9.17) is 28.4 Å². The van der Waals surface area contributed by atoms with Crippen molar-refractivity contribution in [2.75, 3.05) is 52.9 Å². The molecule has 0 amide bonds. The second-order valence-corrected chi connectivity index (χ2v) is 8.75. The van der Waals surface area contributed by atoms with Gasteiger partial charge in [0.2, 0.25) is 0 Å². The van der Waals surface area contributed by atoms with Crippen LogP contribution in [0.3, 0.4) is 0 Å². The van der Waals surface area contributed by atoms with E-state index < -0.39 is 113 Å². The number of allylic oxidation sites excluding steroid dienone is 3. The van der Waals surface area contributed by atoms with Crippen LogP contribution in [0.2, 0.25) is 0 Å². The van der Waals surface area contributed by atoms with Gasteiger partial charge in [0.05, 0.1) is 33.0 Å². The molecule has 0 aliphatic carbocycles. The highest BCUT2D eigenvalue weighted by Gasteiger charge is 2.38. The van der Waals surface area contributed by atoms with E-state index in [1.54, 1.807) is 20.8 Å². The number of carbonyl (C=O) groups is 3. The zero-order valence-electron chi connectivity index (χ0n) is 24.0. The number of hydrogen-bond donors (Lipinski definition) is 6. The van der Waals surface area contributed by atoms with Crippen LogP contribution in [0.4, 0.5) is 0 Å². The number of carbonyl (C=O) groups excluding carboxylic acids is 3. The highest BCUT2D eigenvalue weighted by atomic mass is 16.6. The van der Waals surface area contributed by atoms with Crippen LogP contribution in [0.15, 0.2) is 36.5 Å². The van der Waals surface area contributed by atoms with E-state index >= 15 is 0 Å². The van der Waals surface area contributed by atoms with E-state index in [0.29, 0.717) is 0 Å². The highest BCUT2D eigenvalue weighted by Crippen LogP contribution is 2.18. The third kappa shape index (κ3) is 17.9. The van der Waals surface area contributed by atoms with E-state index in [1.165, 1.54) is 18.2 Å². The second kappa shape index (κ2) is 23.8. The largest absolute Gasteiger partial charge is 0.460 e. The number of aliphatic hydroxyl groups excluding tert-OH is 6. The van der Waals surface area contributed by atoms with Gasteiger partial charge in [0, 0.05) is 18.2 Å². The molecule has 0 aromatic carbocycles. The van der Waals surface area contributed by atoms with Crippen molar-refractivity contribution in [1.29, 1.82) is 0 Å². The summed E-state index contributed by atoms with van der Waals surface area (Å²) in [7, 11) is 0. The average Bonchev–Trinajstić information content (AvgIpc) is 2.96.